The van der Waals surface area contributed by atoms with Crippen LogP contribution < -0.4 is 20.1 Å². The summed E-state index contributed by atoms with van der Waals surface area (Å²) in [5, 5.41) is 10.6. The van der Waals surface area contributed by atoms with E-state index in [1.165, 1.54) is 0 Å². The van der Waals surface area contributed by atoms with Crippen molar-refractivity contribution in [3.05, 3.63) is 65.9 Å². The van der Waals surface area contributed by atoms with Gasteiger partial charge < -0.3 is 24.6 Å². The molecule has 29 heavy (non-hydrogen) atoms. The van der Waals surface area contributed by atoms with E-state index in [1.807, 2.05) is 54.6 Å². The standard InChI is InChI=1S/C21H24N4O3.HI/c1-22-21(23-13-15-9-10-18(26-2)20(11-15)27-3)24-14-17-12-19(28-25-17)16-7-5-4-6-8-16;/h4-12H,13-14H2,1-3H3,(H2,22,23,24);1H. The average molecular weight is 508 g/mol. The first-order chi connectivity index (χ1) is 13.7. The van der Waals surface area contributed by atoms with Crippen LogP contribution in [0, 0.1) is 0 Å². The molecule has 0 aliphatic rings. The molecule has 154 valence electrons. The highest BCUT2D eigenvalue weighted by Crippen LogP contribution is 2.27. The van der Waals surface area contributed by atoms with Crippen LogP contribution in [0.15, 0.2) is 64.1 Å². The van der Waals surface area contributed by atoms with Gasteiger partial charge in [-0.3, -0.25) is 4.99 Å². The van der Waals surface area contributed by atoms with E-state index >= 15 is 0 Å². The third-order valence-corrected chi connectivity index (χ3v) is 4.19. The number of rotatable bonds is 7. The first-order valence-electron chi connectivity index (χ1n) is 8.90. The normalized spacial score (nSPS) is 10.8. The summed E-state index contributed by atoms with van der Waals surface area (Å²) in [7, 11) is 4.97. The Morgan fingerprint density at radius 2 is 1.69 bits per heavy atom. The smallest absolute Gasteiger partial charge is 0.191 e. The minimum Gasteiger partial charge on any atom is -0.493 e. The molecule has 0 aliphatic heterocycles. The van der Waals surface area contributed by atoms with Gasteiger partial charge in [0.2, 0.25) is 0 Å². The Morgan fingerprint density at radius 3 is 2.38 bits per heavy atom. The zero-order chi connectivity index (χ0) is 19.8. The Bertz CT molecular complexity index is 929. The van der Waals surface area contributed by atoms with Crippen molar-refractivity contribution in [1.29, 1.82) is 0 Å². The molecule has 1 aromatic heterocycles. The minimum atomic E-state index is 0. The minimum absolute atomic E-state index is 0. The molecular formula is C21H25IN4O3. The van der Waals surface area contributed by atoms with E-state index in [0.717, 1.165) is 22.6 Å². The van der Waals surface area contributed by atoms with E-state index in [1.54, 1.807) is 21.3 Å². The van der Waals surface area contributed by atoms with Crippen LogP contribution in [0.1, 0.15) is 11.3 Å². The van der Waals surface area contributed by atoms with Crippen LogP contribution in [0.2, 0.25) is 0 Å². The predicted molar refractivity (Wildman–Crippen MR) is 124 cm³/mol. The topological polar surface area (TPSA) is 80.9 Å². The molecule has 8 heteroatoms. The monoisotopic (exact) mass is 508 g/mol. The third kappa shape index (κ3) is 6.11. The first-order valence-corrected chi connectivity index (χ1v) is 8.90. The number of guanidine groups is 1. The van der Waals surface area contributed by atoms with Crippen molar-refractivity contribution in [1.82, 2.24) is 15.8 Å². The fourth-order valence-electron chi connectivity index (χ4n) is 2.70. The maximum absolute atomic E-state index is 5.42. The number of hydrogen-bond donors (Lipinski definition) is 2. The largest absolute Gasteiger partial charge is 0.493 e. The van der Waals surface area contributed by atoms with Crippen molar-refractivity contribution in [3.63, 3.8) is 0 Å². The summed E-state index contributed by atoms with van der Waals surface area (Å²) >= 11 is 0. The van der Waals surface area contributed by atoms with Gasteiger partial charge in [0.1, 0.15) is 5.69 Å². The molecule has 0 aliphatic carbocycles. The first kappa shape index (κ1) is 22.5. The predicted octanol–water partition coefficient (Wildman–Crippen LogP) is 3.84. The van der Waals surface area contributed by atoms with Crippen LogP contribution in [0.3, 0.4) is 0 Å². The molecular weight excluding hydrogens is 483 g/mol. The number of nitrogens with zero attached hydrogens (tertiary/aromatic N) is 2. The molecule has 0 bridgehead atoms. The van der Waals surface area contributed by atoms with Crippen molar-refractivity contribution in [3.8, 4) is 22.8 Å². The fraction of sp³-hybridized carbons (Fsp3) is 0.238. The van der Waals surface area contributed by atoms with Gasteiger partial charge in [-0.2, -0.15) is 0 Å². The number of nitrogens with one attached hydrogen (secondary N) is 2. The molecule has 0 radical (unpaired) electrons. The fourth-order valence-corrected chi connectivity index (χ4v) is 2.70. The van der Waals surface area contributed by atoms with E-state index in [2.05, 4.69) is 20.8 Å². The zero-order valence-corrected chi connectivity index (χ0v) is 19.0. The van der Waals surface area contributed by atoms with E-state index < -0.39 is 0 Å². The highest BCUT2D eigenvalue weighted by molar-refractivity contribution is 14.0. The quantitative estimate of drug-likeness (QED) is 0.287. The van der Waals surface area contributed by atoms with E-state index in [4.69, 9.17) is 14.0 Å². The van der Waals surface area contributed by atoms with E-state index in [0.29, 0.717) is 30.5 Å². The van der Waals surface area contributed by atoms with Crippen LogP contribution in [-0.2, 0) is 13.1 Å². The van der Waals surface area contributed by atoms with Crippen molar-refractivity contribution in [2.24, 2.45) is 4.99 Å². The molecule has 0 fully saturated rings. The number of hydrogen-bond acceptors (Lipinski definition) is 5. The van der Waals surface area contributed by atoms with Gasteiger partial charge in [-0.15, -0.1) is 24.0 Å². The number of aliphatic imine (C=N–C) groups is 1. The molecule has 0 unspecified atom stereocenters. The summed E-state index contributed by atoms with van der Waals surface area (Å²) in [6, 6.07) is 17.6. The zero-order valence-electron chi connectivity index (χ0n) is 16.6. The Morgan fingerprint density at radius 1 is 0.966 bits per heavy atom. The lowest BCUT2D eigenvalue weighted by Crippen LogP contribution is -2.36. The lowest BCUT2D eigenvalue weighted by Gasteiger charge is -2.13. The summed E-state index contributed by atoms with van der Waals surface area (Å²) in [6.45, 7) is 1.09. The van der Waals surface area contributed by atoms with Gasteiger partial charge in [0.15, 0.2) is 23.2 Å². The van der Waals surface area contributed by atoms with Crippen molar-refractivity contribution in [2.75, 3.05) is 21.3 Å². The van der Waals surface area contributed by atoms with E-state index in [9.17, 15) is 0 Å². The molecule has 7 nitrogen and oxygen atoms in total. The summed E-state index contributed by atoms with van der Waals surface area (Å²) in [5.41, 5.74) is 2.85. The molecule has 0 saturated carbocycles. The van der Waals surface area contributed by atoms with Crippen LogP contribution in [0.5, 0.6) is 11.5 Å². The summed E-state index contributed by atoms with van der Waals surface area (Å²) in [6.07, 6.45) is 0. The number of halogens is 1. The van der Waals surface area contributed by atoms with Gasteiger partial charge >= 0.3 is 0 Å². The van der Waals surface area contributed by atoms with E-state index in [-0.39, 0.29) is 24.0 Å². The Hall–Kier alpha value is -2.75. The molecule has 1 heterocycles. The highest BCUT2D eigenvalue weighted by atomic mass is 127. The van der Waals surface area contributed by atoms with Crippen LogP contribution >= 0.6 is 24.0 Å². The highest BCUT2D eigenvalue weighted by Gasteiger charge is 2.08. The average Bonchev–Trinajstić information content (AvgIpc) is 3.23. The van der Waals surface area contributed by atoms with Crippen molar-refractivity contribution < 1.29 is 14.0 Å². The third-order valence-electron chi connectivity index (χ3n) is 4.19. The number of methoxy groups -OCH3 is 2. The lowest BCUT2D eigenvalue weighted by atomic mass is 10.2. The maximum Gasteiger partial charge on any atom is 0.191 e. The Kier molecular flexibility index (Phi) is 8.78. The van der Waals surface area contributed by atoms with Gasteiger partial charge in [-0.1, -0.05) is 41.6 Å². The van der Waals surface area contributed by atoms with Crippen molar-refractivity contribution in [2.45, 2.75) is 13.1 Å². The molecule has 0 spiro atoms. The lowest BCUT2D eigenvalue weighted by molar-refractivity contribution is 0.354. The molecule has 2 N–H and O–H groups in total. The van der Waals surface area contributed by atoms with Gasteiger partial charge in [-0.05, 0) is 17.7 Å². The van der Waals surface area contributed by atoms with Gasteiger partial charge in [-0.25, -0.2) is 0 Å². The molecule has 0 atom stereocenters. The molecule has 2 aromatic carbocycles. The van der Waals surface area contributed by atoms with Gasteiger partial charge in [0, 0.05) is 25.2 Å². The second-order valence-corrected chi connectivity index (χ2v) is 6.02. The molecule has 0 amide bonds. The Balaban J connectivity index is 0.00000300. The van der Waals surface area contributed by atoms with Gasteiger partial charge in [0.05, 0.1) is 20.8 Å². The van der Waals surface area contributed by atoms with Crippen molar-refractivity contribution >= 4 is 29.9 Å². The molecule has 3 rings (SSSR count). The Labute approximate surface area is 187 Å². The van der Waals surface area contributed by atoms with Crippen LogP contribution in [0.4, 0.5) is 0 Å². The van der Waals surface area contributed by atoms with Gasteiger partial charge in [0.25, 0.3) is 0 Å². The summed E-state index contributed by atoms with van der Waals surface area (Å²) < 4.78 is 16.0. The second kappa shape index (κ2) is 11.3. The summed E-state index contributed by atoms with van der Waals surface area (Å²) in [5.74, 6) is 2.81. The summed E-state index contributed by atoms with van der Waals surface area (Å²) in [4.78, 5) is 4.24. The maximum atomic E-state index is 5.42. The molecule has 3 aromatic rings. The number of ether oxygens (including phenoxy) is 2. The molecule has 0 saturated heterocycles. The number of aromatic nitrogens is 1. The second-order valence-electron chi connectivity index (χ2n) is 6.02. The van der Waals surface area contributed by atoms with Crippen LogP contribution in [-0.4, -0.2) is 32.4 Å². The van der Waals surface area contributed by atoms with Crippen LogP contribution in [0.25, 0.3) is 11.3 Å². The SMILES string of the molecule is CN=C(NCc1ccc(OC)c(OC)c1)NCc1cc(-c2ccccc2)on1.I. The number of benzene rings is 2.